The van der Waals surface area contributed by atoms with Crippen molar-refractivity contribution < 1.29 is 9.59 Å². The number of nitrogens with two attached hydrogens (primary N) is 1. The first-order valence-electron chi connectivity index (χ1n) is 10.8. The standard InChI is InChI=1S/C27H25N5O2/c1-19(20-12-15-23(16-13-20)30-27(28)34)29-25(33)17-14-22-18-32(24-10-6-3-7-11-24)31-26(22)21-8-4-2-5-9-21/h2-19H,1H3,(H,29,33)(H3,28,30,34)/b17-14+. The second-order valence-corrected chi connectivity index (χ2v) is 7.75. The summed E-state index contributed by atoms with van der Waals surface area (Å²) in [5.41, 5.74) is 10.2. The minimum atomic E-state index is -0.621. The Kier molecular flexibility index (Phi) is 6.84. The molecule has 7 heteroatoms. The number of amides is 3. The summed E-state index contributed by atoms with van der Waals surface area (Å²) in [6, 6.07) is 26.0. The van der Waals surface area contributed by atoms with Crippen molar-refractivity contribution in [2.75, 3.05) is 5.32 Å². The van der Waals surface area contributed by atoms with E-state index in [0.29, 0.717) is 5.69 Å². The fraction of sp³-hybridized carbons (Fsp3) is 0.0741. The Morgan fingerprint density at radius 2 is 1.59 bits per heavy atom. The van der Waals surface area contributed by atoms with E-state index in [1.54, 1.807) is 18.2 Å². The highest BCUT2D eigenvalue weighted by molar-refractivity contribution is 5.93. The molecule has 1 heterocycles. The van der Waals surface area contributed by atoms with Gasteiger partial charge in [-0.15, -0.1) is 0 Å². The Hall–Kier alpha value is -4.65. The number of nitrogens with zero attached hydrogens (tertiary/aromatic N) is 2. The van der Waals surface area contributed by atoms with Gasteiger partial charge >= 0.3 is 6.03 Å². The number of primary amides is 1. The zero-order chi connectivity index (χ0) is 23.9. The Morgan fingerprint density at radius 3 is 2.24 bits per heavy atom. The molecule has 4 aromatic rings. The van der Waals surface area contributed by atoms with Crippen molar-refractivity contribution in [3.05, 3.63) is 108 Å². The van der Waals surface area contributed by atoms with E-state index in [9.17, 15) is 9.59 Å². The molecular formula is C27H25N5O2. The lowest BCUT2D eigenvalue weighted by Crippen LogP contribution is -2.24. The number of rotatable bonds is 7. The van der Waals surface area contributed by atoms with Crippen molar-refractivity contribution in [2.45, 2.75) is 13.0 Å². The first kappa shape index (κ1) is 22.5. The number of urea groups is 1. The predicted molar refractivity (Wildman–Crippen MR) is 134 cm³/mol. The predicted octanol–water partition coefficient (Wildman–Crippen LogP) is 4.92. The van der Waals surface area contributed by atoms with Crippen LogP contribution >= 0.6 is 0 Å². The molecule has 0 saturated heterocycles. The molecule has 0 spiro atoms. The van der Waals surface area contributed by atoms with Gasteiger partial charge in [-0.3, -0.25) is 4.79 Å². The van der Waals surface area contributed by atoms with Gasteiger partial charge < -0.3 is 16.4 Å². The van der Waals surface area contributed by atoms with Gasteiger partial charge in [0.1, 0.15) is 0 Å². The summed E-state index contributed by atoms with van der Waals surface area (Å²) in [6.45, 7) is 1.89. The summed E-state index contributed by atoms with van der Waals surface area (Å²) < 4.78 is 1.81. The number of aromatic nitrogens is 2. The molecule has 7 nitrogen and oxygen atoms in total. The average Bonchev–Trinajstić information content (AvgIpc) is 3.28. The van der Waals surface area contributed by atoms with E-state index in [1.807, 2.05) is 90.6 Å². The normalized spacial score (nSPS) is 11.8. The van der Waals surface area contributed by atoms with Crippen LogP contribution in [0.4, 0.5) is 10.5 Å². The number of hydrogen-bond donors (Lipinski definition) is 3. The molecule has 1 unspecified atom stereocenters. The Morgan fingerprint density at radius 1 is 0.941 bits per heavy atom. The molecule has 3 amide bonds. The summed E-state index contributed by atoms with van der Waals surface area (Å²) >= 11 is 0. The molecule has 0 bridgehead atoms. The summed E-state index contributed by atoms with van der Waals surface area (Å²) in [5.74, 6) is -0.224. The van der Waals surface area contributed by atoms with Gasteiger partial charge in [-0.2, -0.15) is 5.10 Å². The van der Waals surface area contributed by atoms with Gasteiger partial charge in [0.15, 0.2) is 0 Å². The van der Waals surface area contributed by atoms with Crippen LogP contribution in [0.5, 0.6) is 0 Å². The number of carbonyl (C=O) groups excluding carboxylic acids is 2. The monoisotopic (exact) mass is 451 g/mol. The fourth-order valence-electron chi connectivity index (χ4n) is 3.55. The maximum Gasteiger partial charge on any atom is 0.316 e. The minimum absolute atomic E-state index is 0.222. The molecular weight excluding hydrogens is 426 g/mol. The van der Waals surface area contributed by atoms with E-state index in [1.165, 1.54) is 6.08 Å². The summed E-state index contributed by atoms with van der Waals surface area (Å²) in [6.07, 6.45) is 5.20. The largest absolute Gasteiger partial charge is 0.351 e. The highest BCUT2D eigenvalue weighted by atomic mass is 16.2. The molecule has 0 fully saturated rings. The number of para-hydroxylation sites is 1. The molecule has 0 aliphatic heterocycles. The Balaban J connectivity index is 1.51. The number of hydrogen-bond acceptors (Lipinski definition) is 3. The lowest BCUT2D eigenvalue weighted by Gasteiger charge is -2.13. The number of nitrogens with one attached hydrogen (secondary N) is 2. The third-order valence-corrected chi connectivity index (χ3v) is 5.26. The van der Waals surface area contributed by atoms with Gasteiger partial charge in [0.25, 0.3) is 0 Å². The van der Waals surface area contributed by atoms with Gasteiger partial charge in [-0.1, -0.05) is 60.7 Å². The maximum atomic E-state index is 12.6. The van der Waals surface area contributed by atoms with Crippen LogP contribution in [0.3, 0.4) is 0 Å². The summed E-state index contributed by atoms with van der Waals surface area (Å²) in [7, 11) is 0. The van der Waals surface area contributed by atoms with Crippen LogP contribution in [-0.4, -0.2) is 21.7 Å². The lowest BCUT2D eigenvalue weighted by atomic mass is 10.1. The maximum absolute atomic E-state index is 12.6. The smallest absolute Gasteiger partial charge is 0.316 e. The van der Waals surface area contributed by atoms with E-state index in [4.69, 9.17) is 10.8 Å². The van der Waals surface area contributed by atoms with Gasteiger partial charge in [0, 0.05) is 29.1 Å². The molecule has 4 N–H and O–H groups in total. The van der Waals surface area contributed by atoms with Gasteiger partial charge in [0.05, 0.1) is 17.4 Å². The van der Waals surface area contributed by atoms with Gasteiger partial charge in [-0.25, -0.2) is 9.48 Å². The molecule has 0 saturated carbocycles. The molecule has 3 aromatic carbocycles. The highest BCUT2D eigenvalue weighted by Crippen LogP contribution is 2.25. The topological polar surface area (TPSA) is 102 Å². The van der Waals surface area contributed by atoms with Gasteiger partial charge in [0.2, 0.25) is 5.91 Å². The van der Waals surface area contributed by atoms with Crippen molar-refractivity contribution in [1.29, 1.82) is 0 Å². The van der Waals surface area contributed by atoms with Crippen LogP contribution in [0.2, 0.25) is 0 Å². The molecule has 0 aliphatic rings. The highest BCUT2D eigenvalue weighted by Gasteiger charge is 2.12. The molecule has 4 rings (SSSR count). The van der Waals surface area contributed by atoms with Crippen LogP contribution in [0.15, 0.2) is 97.2 Å². The van der Waals surface area contributed by atoms with Crippen LogP contribution in [0.1, 0.15) is 24.1 Å². The quantitative estimate of drug-likeness (QED) is 0.348. The molecule has 170 valence electrons. The Bertz CT molecular complexity index is 1300. The average molecular weight is 452 g/mol. The minimum Gasteiger partial charge on any atom is -0.351 e. The third kappa shape index (κ3) is 5.58. The van der Waals surface area contributed by atoms with Crippen molar-refractivity contribution in [3.63, 3.8) is 0 Å². The second-order valence-electron chi connectivity index (χ2n) is 7.75. The van der Waals surface area contributed by atoms with Crippen LogP contribution in [0.25, 0.3) is 23.0 Å². The molecule has 0 aliphatic carbocycles. The van der Waals surface area contributed by atoms with Gasteiger partial charge in [-0.05, 0) is 42.8 Å². The molecule has 1 aromatic heterocycles. The van der Waals surface area contributed by atoms with Crippen molar-refractivity contribution in [1.82, 2.24) is 15.1 Å². The van der Waals surface area contributed by atoms with Crippen LogP contribution in [0, 0.1) is 0 Å². The lowest BCUT2D eigenvalue weighted by molar-refractivity contribution is -0.117. The molecule has 1 atom stereocenters. The van der Waals surface area contributed by atoms with E-state index in [-0.39, 0.29) is 11.9 Å². The number of carbonyl (C=O) groups is 2. The van der Waals surface area contributed by atoms with E-state index < -0.39 is 6.03 Å². The SMILES string of the molecule is CC(NC(=O)/C=C/c1cn(-c2ccccc2)nc1-c1ccccc1)c1ccc(NC(N)=O)cc1. The Labute approximate surface area is 197 Å². The van der Waals surface area contributed by atoms with E-state index in [0.717, 1.165) is 28.1 Å². The fourth-order valence-corrected chi connectivity index (χ4v) is 3.55. The van der Waals surface area contributed by atoms with Crippen molar-refractivity contribution in [2.24, 2.45) is 5.73 Å². The van der Waals surface area contributed by atoms with Crippen molar-refractivity contribution >= 4 is 23.7 Å². The number of anilines is 1. The van der Waals surface area contributed by atoms with E-state index >= 15 is 0 Å². The van der Waals surface area contributed by atoms with Crippen LogP contribution in [-0.2, 0) is 4.79 Å². The second kappa shape index (κ2) is 10.3. The first-order valence-corrected chi connectivity index (χ1v) is 10.8. The summed E-state index contributed by atoms with van der Waals surface area (Å²) in [5, 5.41) is 10.2. The van der Waals surface area contributed by atoms with E-state index in [2.05, 4.69) is 10.6 Å². The zero-order valence-corrected chi connectivity index (χ0v) is 18.7. The third-order valence-electron chi connectivity index (χ3n) is 5.26. The van der Waals surface area contributed by atoms with Crippen LogP contribution < -0.4 is 16.4 Å². The number of benzene rings is 3. The van der Waals surface area contributed by atoms with Crippen molar-refractivity contribution in [3.8, 4) is 16.9 Å². The molecule has 0 radical (unpaired) electrons. The zero-order valence-electron chi connectivity index (χ0n) is 18.7. The first-order chi connectivity index (χ1) is 16.5. The molecule has 34 heavy (non-hydrogen) atoms. The summed E-state index contributed by atoms with van der Waals surface area (Å²) in [4.78, 5) is 23.6.